The Labute approximate surface area is 100 Å². The van der Waals surface area contributed by atoms with Crippen molar-refractivity contribution in [3.63, 3.8) is 0 Å². The van der Waals surface area contributed by atoms with Crippen molar-refractivity contribution in [2.24, 2.45) is 0 Å². The van der Waals surface area contributed by atoms with Crippen LogP contribution in [0.25, 0.3) is 0 Å². The number of hydrogen-bond acceptors (Lipinski definition) is 4. The van der Waals surface area contributed by atoms with Gasteiger partial charge < -0.3 is 15.2 Å². The van der Waals surface area contributed by atoms with Gasteiger partial charge in [0.1, 0.15) is 11.6 Å². The molecule has 17 heavy (non-hydrogen) atoms. The SMILES string of the molecule is CC(=O)N[C@@H](CCC(=O)O)C(=O)OC(C)(C)C. The summed E-state index contributed by atoms with van der Waals surface area (Å²) in [5.41, 5.74) is -0.670. The zero-order valence-electron chi connectivity index (χ0n) is 10.6. The van der Waals surface area contributed by atoms with Gasteiger partial charge >= 0.3 is 11.9 Å². The molecule has 0 saturated carbocycles. The minimum Gasteiger partial charge on any atom is -0.481 e. The van der Waals surface area contributed by atoms with Gasteiger partial charge in [0.2, 0.25) is 5.91 Å². The molecule has 0 aromatic heterocycles. The van der Waals surface area contributed by atoms with Crippen molar-refractivity contribution in [2.75, 3.05) is 0 Å². The highest BCUT2D eigenvalue weighted by molar-refractivity contribution is 5.83. The molecule has 0 spiro atoms. The normalized spacial score (nSPS) is 12.7. The van der Waals surface area contributed by atoms with Crippen molar-refractivity contribution in [2.45, 2.75) is 52.2 Å². The fraction of sp³-hybridized carbons (Fsp3) is 0.727. The lowest BCUT2D eigenvalue weighted by Crippen LogP contribution is -2.43. The van der Waals surface area contributed by atoms with E-state index in [9.17, 15) is 14.4 Å². The van der Waals surface area contributed by atoms with Crippen LogP contribution in [0.3, 0.4) is 0 Å². The van der Waals surface area contributed by atoms with Crippen LogP contribution in [0, 0.1) is 0 Å². The second kappa shape index (κ2) is 6.22. The quantitative estimate of drug-likeness (QED) is 0.695. The largest absolute Gasteiger partial charge is 0.481 e. The Morgan fingerprint density at radius 1 is 1.29 bits per heavy atom. The number of aliphatic carboxylic acids is 1. The third-order valence-corrected chi connectivity index (χ3v) is 1.72. The summed E-state index contributed by atoms with van der Waals surface area (Å²) in [6.07, 6.45) is -0.186. The maximum atomic E-state index is 11.7. The summed E-state index contributed by atoms with van der Waals surface area (Å²) in [4.78, 5) is 33.0. The number of carboxylic acids is 1. The number of nitrogens with one attached hydrogen (secondary N) is 1. The summed E-state index contributed by atoms with van der Waals surface area (Å²) in [5, 5.41) is 10.9. The number of ether oxygens (including phenoxy) is 1. The topological polar surface area (TPSA) is 92.7 Å². The Bertz CT molecular complexity index is 305. The van der Waals surface area contributed by atoms with E-state index in [0.29, 0.717) is 0 Å². The molecule has 0 aliphatic heterocycles. The first kappa shape index (κ1) is 15.4. The van der Waals surface area contributed by atoms with E-state index in [1.165, 1.54) is 6.92 Å². The van der Waals surface area contributed by atoms with Crippen LogP contribution in [0.5, 0.6) is 0 Å². The molecule has 0 rings (SSSR count). The first-order chi connectivity index (χ1) is 7.61. The fourth-order valence-corrected chi connectivity index (χ4v) is 1.14. The van der Waals surface area contributed by atoms with Crippen LogP contribution in [0.4, 0.5) is 0 Å². The van der Waals surface area contributed by atoms with Gasteiger partial charge in [-0.1, -0.05) is 0 Å². The summed E-state index contributed by atoms with van der Waals surface area (Å²) >= 11 is 0. The van der Waals surface area contributed by atoms with E-state index < -0.39 is 29.5 Å². The van der Waals surface area contributed by atoms with E-state index in [1.807, 2.05) is 0 Å². The van der Waals surface area contributed by atoms with Gasteiger partial charge in [0.15, 0.2) is 0 Å². The van der Waals surface area contributed by atoms with Crippen molar-refractivity contribution >= 4 is 17.8 Å². The summed E-state index contributed by atoms with van der Waals surface area (Å²) in [6, 6.07) is -0.914. The number of carboxylic acid groups (broad SMARTS) is 1. The van der Waals surface area contributed by atoms with Gasteiger partial charge in [-0.25, -0.2) is 4.79 Å². The molecule has 0 heterocycles. The maximum Gasteiger partial charge on any atom is 0.329 e. The molecule has 0 fully saturated rings. The maximum absolute atomic E-state index is 11.7. The molecule has 0 saturated heterocycles. The predicted octanol–water partition coefficient (Wildman–Crippen LogP) is 0.698. The number of amides is 1. The molecule has 6 heteroatoms. The van der Waals surface area contributed by atoms with Gasteiger partial charge in [0.05, 0.1) is 0 Å². The van der Waals surface area contributed by atoms with Gasteiger partial charge in [0, 0.05) is 13.3 Å². The number of carbonyl (C=O) groups is 3. The second-order valence-corrected chi connectivity index (χ2v) is 4.72. The van der Waals surface area contributed by atoms with Crippen molar-refractivity contribution in [3.05, 3.63) is 0 Å². The van der Waals surface area contributed by atoms with Crippen LogP contribution in [0.15, 0.2) is 0 Å². The molecule has 0 aliphatic rings. The number of carbonyl (C=O) groups excluding carboxylic acids is 2. The average Bonchev–Trinajstić information content (AvgIpc) is 2.08. The van der Waals surface area contributed by atoms with E-state index in [-0.39, 0.29) is 12.8 Å². The molecular formula is C11H19NO5. The summed E-state index contributed by atoms with van der Waals surface area (Å²) in [7, 11) is 0. The van der Waals surface area contributed by atoms with Crippen LogP contribution in [-0.2, 0) is 19.1 Å². The average molecular weight is 245 g/mol. The number of rotatable bonds is 5. The van der Waals surface area contributed by atoms with E-state index in [1.54, 1.807) is 20.8 Å². The van der Waals surface area contributed by atoms with Gasteiger partial charge in [-0.3, -0.25) is 9.59 Å². The molecule has 0 radical (unpaired) electrons. The Morgan fingerprint density at radius 3 is 2.18 bits per heavy atom. The molecule has 0 aromatic carbocycles. The highest BCUT2D eigenvalue weighted by atomic mass is 16.6. The van der Waals surface area contributed by atoms with E-state index in [2.05, 4.69) is 5.32 Å². The number of hydrogen-bond donors (Lipinski definition) is 2. The van der Waals surface area contributed by atoms with Crippen molar-refractivity contribution < 1.29 is 24.2 Å². The van der Waals surface area contributed by atoms with E-state index in [4.69, 9.17) is 9.84 Å². The van der Waals surface area contributed by atoms with Gasteiger partial charge in [0.25, 0.3) is 0 Å². The minimum atomic E-state index is -1.02. The Balaban J connectivity index is 4.50. The van der Waals surface area contributed by atoms with E-state index >= 15 is 0 Å². The van der Waals surface area contributed by atoms with Crippen LogP contribution < -0.4 is 5.32 Å². The molecule has 98 valence electrons. The van der Waals surface area contributed by atoms with Gasteiger partial charge in [-0.2, -0.15) is 0 Å². The third kappa shape index (κ3) is 8.24. The summed E-state index contributed by atoms with van der Waals surface area (Å²) < 4.78 is 5.09. The Morgan fingerprint density at radius 2 is 1.82 bits per heavy atom. The zero-order chi connectivity index (χ0) is 13.6. The third-order valence-electron chi connectivity index (χ3n) is 1.72. The highest BCUT2D eigenvalue weighted by Gasteiger charge is 2.26. The molecule has 6 nitrogen and oxygen atoms in total. The van der Waals surface area contributed by atoms with Gasteiger partial charge in [-0.05, 0) is 27.2 Å². The standard InChI is InChI=1S/C11H19NO5/c1-7(13)12-8(5-6-9(14)15)10(16)17-11(2,3)4/h8H,5-6H2,1-4H3,(H,12,13)(H,14,15)/t8-/m0/s1. The minimum absolute atomic E-state index is 0.0177. The molecule has 0 bridgehead atoms. The van der Waals surface area contributed by atoms with Crippen LogP contribution in [-0.4, -0.2) is 34.6 Å². The smallest absolute Gasteiger partial charge is 0.329 e. The molecule has 0 aromatic rings. The second-order valence-electron chi connectivity index (χ2n) is 4.72. The molecular weight excluding hydrogens is 226 g/mol. The lowest BCUT2D eigenvalue weighted by molar-refractivity contribution is -0.158. The molecule has 2 N–H and O–H groups in total. The Hall–Kier alpha value is -1.59. The van der Waals surface area contributed by atoms with Crippen LogP contribution in [0.2, 0.25) is 0 Å². The highest BCUT2D eigenvalue weighted by Crippen LogP contribution is 2.10. The fourth-order valence-electron chi connectivity index (χ4n) is 1.14. The van der Waals surface area contributed by atoms with E-state index in [0.717, 1.165) is 0 Å². The molecule has 0 aliphatic carbocycles. The lowest BCUT2D eigenvalue weighted by Gasteiger charge is -2.24. The number of esters is 1. The van der Waals surface area contributed by atoms with Crippen LogP contribution >= 0.6 is 0 Å². The zero-order valence-corrected chi connectivity index (χ0v) is 10.6. The lowest BCUT2D eigenvalue weighted by atomic mass is 10.1. The monoisotopic (exact) mass is 245 g/mol. The Kier molecular flexibility index (Phi) is 5.64. The molecule has 1 atom stereocenters. The first-order valence-corrected chi connectivity index (χ1v) is 5.33. The first-order valence-electron chi connectivity index (χ1n) is 5.33. The van der Waals surface area contributed by atoms with Crippen molar-refractivity contribution in [3.8, 4) is 0 Å². The molecule has 0 unspecified atom stereocenters. The summed E-state index contributed by atoms with van der Waals surface area (Å²) in [5.74, 6) is -2.04. The summed E-state index contributed by atoms with van der Waals surface area (Å²) in [6.45, 7) is 6.37. The predicted molar refractivity (Wildman–Crippen MR) is 60.3 cm³/mol. The van der Waals surface area contributed by atoms with Gasteiger partial charge in [-0.15, -0.1) is 0 Å². The van der Waals surface area contributed by atoms with Crippen molar-refractivity contribution in [1.82, 2.24) is 5.32 Å². The van der Waals surface area contributed by atoms with Crippen LogP contribution in [0.1, 0.15) is 40.5 Å². The van der Waals surface area contributed by atoms with Crippen molar-refractivity contribution in [1.29, 1.82) is 0 Å². The molecule has 1 amide bonds.